The van der Waals surface area contributed by atoms with Crippen molar-refractivity contribution in [2.45, 2.75) is 38.6 Å². The van der Waals surface area contributed by atoms with Crippen LogP contribution in [0.15, 0.2) is 0 Å². The summed E-state index contributed by atoms with van der Waals surface area (Å²) >= 11 is 0. The SMILES string of the molecule is CC1(CN2CCC[C@@H]3C[C@@H]32)CCNC1.Cl. The summed E-state index contributed by atoms with van der Waals surface area (Å²) in [6.45, 7) is 7.65. The zero-order valence-electron chi connectivity index (χ0n) is 9.67. The highest BCUT2D eigenvalue weighted by atomic mass is 35.5. The van der Waals surface area contributed by atoms with Gasteiger partial charge in [-0.15, -0.1) is 12.4 Å². The lowest BCUT2D eigenvalue weighted by atomic mass is 9.88. The van der Waals surface area contributed by atoms with Crippen molar-refractivity contribution in [2.75, 3.05) is 26.2 Å². The fraction of sp³-hybridized carbons (Fsp3) is 1.00. The van der Waals surface area contributed by atoms with E-state index in [0.29, 0.717) is 5.41 Å². The molecule has 0 spiro atoms. The van der Waals surface area contributed by atoms with Crippen LogP contribution in [0.2, 0.25) is 0 Å². The van der Waals surface area contributed by atoms with Gasteiger partial charge in [-0.1, -0.05) is 6.92 Å². The Bertz CT molecular complexity index is 226. The first-order valence-corrected chi connectivity index (χ1v) is 6.22. The molecule has 0 aromatic heterocycles. The fourth-order valence-corrected chi connectivity index (χ4v) is 3.40. The molecule has 1 N–H and O–H groups in total. The standard InChI is InChI=1S/C12H22N2.ClH/c1-12(4-5-13-8-12)9-14-6-2-3-10-7-11(10)14;/h10-11,13H,2-9H2,1H3;1H/t10-,11+,12?;/m1./s1. The van der Waals surface area contributed by atoms with Gasteiger partial charge in [-0.3, -0.25) is 4.90 Å². The van der Waals surface area contributed by atoms with E-state index in [1.807, 2.05) is 0 Å². The lowest BCUT2D eigenvalue weighted by Gasteiger charge is -2.34. The summed E-state index contributed by atoms with van der Waals surface area (Å²) in [5, 5.41) is 3.50. The van der Waals surface area contributed by atoms with Gasteiger partial charge in [0, 0.05) is 19.1 Å². The maximum absolute atomic E-state index is 3.50. The number of rotatable bonds is 2. The van der Waals surface area contributed by atoms with Crippen molar-refractivity contribution in [3.8, 4) is 0 Å². The molecule has 2 heterocycles. The van der Waals surface area contributed by atoms with E-state index in [1.54, 1.807) is 0 Å². The summed E-state index contributed by atoms with van der Waals surface area (Å²) < 4.78 is 0. The first-order valence-electron chi connectivity index (χ1n) is 6.22. The first-order chi connectivity index (χ1) is 6.77. The lowest BCUT2D eigenvalue weighted by molar-refractivity contribution is 0.143. The molecule has 15 heavy (non-hydrogen) atoms. The molecule has 1 unspecified atom stereocenters. The first kappa shape index (κ1) is 11.7. The van der Waals surface area contributed by atoms with Gasteiger partial charge < -0.3 is 5.32 Å². The van der Waals surface area contributed by atoms with Crippen LogP contribution in [0, 0.1) is 11.3 Å². The maximum atomic E-state index is 3.50. The molecular formula is C12H23ClN2. The third-order valence-corrected chi connectivity index (χ3v) is 4.42. The third-order valence-electron chi connectivity index (χ3n) is 4.42. The number of nitrogens with one attached hydrogen (secondary N) is 1. The Morgan fingerprint density at radius 3 is 3.07 bits per heavy atom. The summed E-state index contributed by atoms with van der Waals surface area (Å²) in [5.74, 6) is 1.08. The topological polar surface area (TPSA) is 15.3 Å². The maximum Gasteiger partial charge on any atom is 0.0128 e. The van der Waals surface area contributed by atoms with Crippen LogP contribution in [-0.2, 0) is 0 Å². The van der Waals surface area contributed by atoms with Crippen LogP contribution in [0.5, 0.6) is 0 Å². The molecule has 2 nitrogen and oxygen atoms in total. The molecule has 0 amide bonds. The van der Waals surface area contributed by atoms with Crippen LogP contribution in [0.1, 0.15) is 32.6 Å². The highest BCUT2D eigenvalue weighted by Gasteiger charge is 2.45. The van der Waals surface area contributed by atoms with Gasteiger partial charge in [-0.2, -0.15) is 0 Å². The van der Waals surface area contributed by atoms with Gasteiger partial charge >= 0.3 is 0 Å². The molecule has 88 valence electrons. The summed E-state index contributed by atoms with van der Waals surface area (Å²) in [4.78, 5) is 2.78. The molecule has 0 aromatic carbocycles. The van der Waals surface area contributed by atoms with Gasteiger partial charge in [-0.25, -0.2) is 0 Å². The molecule has 3 aliphatic rings. The van der Waals surface area contributed by atoms with Crippen LogP contribution in [0.25, 0.3) is 0 Å². The summed E-state index contributed by atoms with van der Waals surface area (Å²) in [6, 6.07) is 0.987. The number of nitrogens with zero attached hydrogens (tertiary/aromatic N) is 1. The van der Waals surface area contributed by atoms with Crippen LogP contribution >= 0.6 is 12.4 Å². The molecule has 0 aromatic rings. The molecule has 0 bridgehead atoms. The van der Waals surface area contributed by atoms with Gasteiger partial charge in [0.05, 0.1) is 0 Å². The van der Waals surface area contributed by atoms with Gasteiger partial charge in [0.25, 0.3) is 0 Å². The summed E-state index contributed by atoms with van der Waals surface area (Å²) in [6.07, 6.45) is 5.84. The van der Waals surface area contributed by atoms with E-state index in [-0.39, 0.29) is 12.4 Å². The van der Waals surface area contributed by atoms with Crippen LogP contribution in [-0.4, -0.2) is 37.1 Å². The number of halogens is 1. The summed E-state index contributed by atoms with van der Waals surface area (Å²) in [7, 11) is 0. The van der Waals surface area contributed by atoms with Gasteiger partial charge in [0.1, 0.15) is 0 Å². The molecule has 3 atom stereocenters. The van der Waals surface area contributed by atoms with Crippen LogP contribution < -0.4 is 5.32 Å². The number of likely N-dealkylation sites (tertiary alicyclic amines) is 1. The van der Waals surface area contributed by atoms with E-state index in [2.05, 4.69) is 17.1 Å². The number of hydrogen-bond donors (Lipinski definition) is 1. The lowest BCUT2D eigenvalue weighted by Crippen LogP contribution is -2.41. The minimum atomic E-state index is 0. The highest BCUT2D eigenvalue weighted by Crippen LogP contribution is 2.44. The molecule has 2 aliphatic heterocycles. The average molecular weight is 231 g/mol. The van der Waals surface area contributed by atoms with E-state index in [9.17, 15) is 0 Å². The van der Waals surface area contributed by atoms with E-state index < -0.39 is 0 Å². The zero-order chi connectivity index (χ0) is 9.60. The molecule has 3 rings (SSSR count). The molecule has 1 saturated carbocycles. The largest absolute Gasteiger partial charge is 0.316 e. The summed E-state index contributed by atoms with van der Waals surface area (Å²) in [5.41, 5.74) is 0.574. The van der Waals surface area contributed by atoms with Crippen LogP contribution in [0.3, 0.4) is 0 Å². The van der Waals surface area contributed by atoms with E-state index in [4.69, 9.17) is 0 Å². The van der Waals surface area contributed by atoms with Crippen LogP contribution in [0.4, 0.5) is 0 Å². The Labute approximate surface area is 99.2 Å². The molecule has 0 radical (unpaired) electrons. The smallest absolute Gasteiger partial charge is 0.0128 e. The number of fused-ring (bicyclic) bond motifs is 1. The number of piperidine rings is 1. The van der Waals surface area contributed by atoms with Gasteiger partial charge in [0.15, 0.2) is 0 Å². The minimum absolute atomic E-state index is 0. The fourth-order valence-electron chi connectivity index (χ4n) is 3.40. The normalized spacial score (nSPS) is 44.6. The molecule has 1 aliphatic carbocycles. The van der Waals surface area contributed by atoms with Gasteiger partial charge in [-0.05, 0) is 50.1 Å². The minimum Gasteiger partial charge on any atom is -0.316 e. The van der Waals surface area contributed by atoms with E-state index in [0.717, 1.165) is 12.0 Å². The number of hydrogen-bond acceptors (Lipinski definition) is 2. The predicted octanol–water partition coefficient (Wildman–Crippen LogP) is 1.89. The monoisotopic (exact) mass is 230 g/mol. The van der Waals surface area contributed by atoms with Crippen molar-refractivity contribution in [2.24, 2.45) is 11.3 Å². The second kappa shape index (κ2) is 4.23. The van der Waals surface area contributed by atoms with Gasteiger partial charge in [0.2, 0.25) is 0 Å². The van der Waals surface area contributed by atoms with Crippen molar-refractivity contribution in [1.82, 2.24) is 10.2 Å². The Kier molecular flexibility index (Phi) is 3.30. The Morgan fingerprint density at radius 2 is 2.33 bits per heavy atom. The average Bonchev–Trinajstić information content (AvgIpc) is 2.84. The third kappa shape index (κ3) is 2.32. The molecule has 3 heteroatoms. The van der Waals surface area contributed by atoms with E-state index in [1.165, 1.54) is 51.9 Å². The highest BCUT2D eigenvalue weighted by molar-refractivity contribution is 5.85. The zero-order valence-corrected chi connectivity index (χ0v) is 10.5. The molecular weight excluding hydrogens is 208 g/mol. The Morgan fingerprint density at radius 1 is 1.47 bits per heavy atom. The van der Waals surface area contributed by atoms with Crippen molar-refractivity contribution in [3.63, 3.8) is 0 Å². The van der Waals surface area contributed by atoms with E-state index >= 15 is 0 Å². The predicted molar refractivity (Wildman–Crippen MR) is 65.5 cm³/mol. The quantitative estimate of drug-likeness (QED) is 0.780. The Hall–Kier alpha value is 0.210. The van der Waals surface area contributed by atoms with Crippen molar-refractivity contribution < 1.29 is 0 Å². The molecule has 2 saturated heterocycles. The molecule has 3 fully saturated rings. The Balaban J connectivity index is 0.000000853. The second-order valence-corrected chi connectivity index (χ2v) is 5.91. The van der Waals surface area contributed by atoms with Crippen molar-refractivity contribution in [3.05, 3.63) is 0 Å². The van der Waals surface area contributed by atoms with Crippen molar-refractivity contribution in [1.29, 1.82) is 0 Å². The second-order valence-electron chi connectivity index (χ2n) is 5.91. The van der Waals surface area contributed by atoms with Crippen molar-refractivity contribution >= 4 is 12.4 Å².